The van der Waals surface area contributed by atoms with Gasteiger partial charge in [-0.25, -0.2) is 0 Å². The number of non-ortho nitro benzene ring substituents is 1. The fraction of sp³-hybridized carbons (Fsp3) is 0.364. The number of likely N-dealkylation sites (tertiary alicyclic amines) is 1. The van der Waals surface area contributed by atoms with Gasteiger partial charge in [-0.1, -0.05) is 24.3 Å². The lowest BCUT2D eigenvalue weighted by atomic mass is 10.1. The maximum atomic E-state index is 12.7. The lowest BCUT2D eigenvalue weighted by Crippen LogP contribution is -2.51. The van der Waals surface area contributed by atoms with Crippen molar-refractivity contribution in [1.82, 2.24) is 10.2 Å². The number of amides is 2. The van der Waals surface area contributed by atoms with Gasteiger partial charge in [-0.3, -0.25) is 29.9 Å². The van der Waals surface area contributed by atoms with E-state index in [1.807, 2.05) is 4.90 Å². The van der Waals surface area contributed by atoms with Gasteiger partial charge in [-0.2, -0.15) is 0 Å². The van der Waals surface area contributed by atoms with Gasteiger partial charge in [0.1, 0.15) is 5.75 Å². The average molecular weight is 426 g/mol. The van der Waals surface area contributed by atoms with Crippen LogP contribution >= 0.6 is 0 Å². The van der Waals surface area contributed by atoms with Crippen molar-refractivity contribution >= 4 is 17.5 Å². The summed E-state index contributed by atoms with van der Waals surface area (Å²) in [5.74, 6) is -0.750. The Kier molecular flexibility index (Phi) is 7.32. The van der Waals surface area contributed by atoms with Gasteiger partial charge in [0.25, 0.3) is 5.69 Å². The number of nitro groups is 1. The molecule has 1 aliphatic heterocycles. The van der Waals surface area contributed by atoms with Crippen LogP contribution in [0.15, 0.2) is 48.5 Å². The Morgan fingerprint density at radius 2 is 1.81 bits per heavy atom. The molecule has 2 aromatic rings. The number of nitro benzene ring substituents is 1. The molecule has 31 heavy (non-hydrogen) atoms. The van der Waals surface area contributed by atoms with Gasteiger partial charge in [0.2, 0.25) is 11.8 Å². The highest BCUT2D eigenvalue weighted by Gasteiger charge is 2.32. The van der Waals surface area contributed by atoms with Crippen molar-refractivity contribution in [2.24, 2.45) is 5.73 Å². The number of phenolic OH excluding ortho intramolecular Hbond substituents is 1. The van der Waals surface area contributed by atoms with Crippen LogP contribution in [0.4, 0.5) is 5.69 Å². The van der Waals surface area contributed by atoms with Crippen molar-refractivity contribution in [2.45, 2.75) is 37.8 Å². The normalized spacial score (nSPS) is 17.3. The quantitative estimate of drug-likeness (QED) is 0.430. The van der Waals surface area contributed by atoms with Gasteiger partial charge in [-0.15, -0.1) is 0 Å². The van der Waals surface area contributed by atoms with Crippen LogP contribution in [-0.2, 0) is 22.4 Å². The van der Waals surface area contributed by atoms with Crippen molar-refractivity contribution < 1.29 is 19.6 Å². The topological polar surface area (TPSA) is 139 Å². The number of aromatic hydroxyl groups is 1. The second-order valence-electron chi connectivity index (χ2n) is 7.70. The van der Waals surface area contributed by atoms with E-state index in [0.717, 1.165) is 24.1 Å². The summed E-state index contributed by atoms with van der Waals surface area (Å²) in [5, 5.41) is 22.5. The number of phenols is 1. The molecule has 164 valence electrons. The summed E-state index contributed by atoms with van der Waals surface area (Å²) in [5.41, 5.74) is 7.73. The maximum absolute atomic E-state index is 12.7. The van der Waals surface area contributed by atoms with Crippen LogP contribution in [0.2, 0.25) is 0 Å². The maximum Gasteiger partial charge on any atom is 0.269 e. The Morgan fingerprint density at radius 1 is 1.16 bits per heavy atom. The van der Waals surface area contributed by atoms with E-state index in [9.17, 15) is 24.8 Å². The number of carbonyl (C=O) groups is 2. The van der Waals surface area contributed by atoms with Crippen molar-refractivity contribution in [3.63, 3.8) is 0 Å². The first-order valence-corrected chi connectivity index (χ1v) is 10.2. The first-order valence-electron chi connectivity index (χ1n) is 10.2. The van der Waals surface area contributed by atoms with E-state index in [2.05, 4.69) is 5.32 Å². The molecule has 2 aromatic carbocycles. The molecule has 0 radical (unpaired) electrons. The minimum absolute atomic E-state index is 0.0457. The van der Waals surface area contributed by atoms with Crippen molar-refractivity contribution in [1.29, 1.82) is 0 Å². The molecule has 3 rings (SSSR count). The standard InChI is InChI=1S/C22H26N4O5/c23-19(14-16-5-9-18(27)10-6-16)21(28)24-22(29)20-2-1-12-25(20)13-11-15-3-7-17(8-4-15)26(30)31/h3-10,19-20,27H,1-2,11-14,23H2,(H,24,28,29)/t19-,20-/m0/s1. The molecule has 1 saturated heterocycles. The van der Waals surface area contributed by atoms with E-state index in [0.29, 0.717) is 19.4 Å². The number of carbonyl (C=O) groups excluding carboxylic acids is 2. The summed E-state index contributed by atoms with van der Waals surface area (Å²) < 4.78 is 0. The van der Waals surface area contributed by atoms with E-state index in [1.54, 1.807) is 24.3 Å². The smallest absolute Gasteiger partial charge is 0.269 e. The third-order valence-corrected chi connectivity index (χ3v) is 5.48. The predicted molar refractivity (Wildman–Crippen MR) is 114 cm³/mol. The number of nitrogens with two attached hydrogens (primary N) is 1. The monoisotopic (exact) mass is 426 g/mol. The number of nitrogens with one attached hydrogen (secondary N) is 1. The molecule has 9 heteroatoms. The molecule has 0 unspecified atom stereocenters. The highest BCUT2D eigenvalue weighted by atomic mass is 16.6. The SMILES string of the molecule is N[C@@H](Cc1ccc(O)cc1)C(=O)NC(=O)[C@@H]1CCCN1CCc1ccc([N+](=O)[O-])cc1. The van der Waals surface area contributed by atoms with E-state index < -0.39 is 22.9 Å². The number of benzene rings is 2. The molecule has 1 aliphatic rings. The molecule has 0 aromatic heterocycles. The lowest BCUT2D eigenvalue weighted by Gasteiger charge is -2.24. The fourth-order valence-corrected chi connectivity index (χ4v) is 3.72. The van der Waals surface area contributed by atoms with Crippen LogP contribution in [0.5, 0.6) is 5.75 Å². The summed E-state index contributed by atoms with van der Waals surface area (Å²) in [6.07, 6.45) is 2.42. The third kappa shape index (κ3) is 6.09. The molecule has 1 heterocycles. The second-order valence-corrected chi connectivity index (χ2v) is 7.70. The zero-order valence-electron chi connectivity index (χ0n) is 17.1. The van der Waals surface area contributed by atoms with E-state index in [4.69, 9.17) is 5.73 Å². The molecule has 4 N–H and O–H groups in total. The Balaban J connectivity index is 1.50. The second kappa shape index (κ2) is 10.1. The number of nitrogens with zero attached hydrogens (tertiary/aromatic N) is 2. The fourth-order valence-electron chi connectivity index (χ4n) is 3.72. The number of imide groups is 1. The largest absolute Gasteiger partial charge is 0.508 e. The van der Waals surface area contributed by atoms with Crippen molar-refractivity contribution in [3.8, 4) is 5.75 Å². The van der Waals surface area contributed by atoms with Gasteiger partial charge >= 0.3 is 0 Å². The average Bonchev–Trinajstić information content (AvgIpc) is 3.23. The first-order chi connectivity index (χ1) is 14.8. The summed E-state index contributed by atoms with van der Waals surface area (Å²) in [7, 11) is 0. The highest BCUT2D eigenvalue weighted by molar-refractivity contribution is 6.00. The molecule has 0 spiro atoms. The van der Waals surface area contributed by atoms with E-state index in [1.165, 1.54) is 24.3 Å². The van der Waals surface area contributed by atoms with E-state index >= 15 is 0 Å². The van der Waals surface area contributed by atoms with E-state index in [-0.39, 0.29) is 23.8 Å². The minimum atomic E-state index is -0.872. The molecular weight excluding hydrogens is 400 g/mol. The van der Waals surface area contributed by atoms with Crippen LogP contribution in [0.3, 0.4) is 0 Å². The van der Waals surface area contributed by atoms with Crippen molar-refractivity contribution in [2.75, 3.05) is 13.1 Å². The molecule has 1 fully saturated rings. The summed E-state index contributed by atoms with van der Waals surface area (Å²) in [4.78, 5) is 37.4. The molecule has 0 aliphatic carbocycles. The Morgan fingerprint density at radius 3 is 2.45 bits per heavy atom. The Bertz CT molecular complexity index is 930. The zero-order valence-corrected chi connectivity index (χ0v) is 17.1. The lowest BCUT2D eigenvalue weighted by molar-refractivity contribution is -0.384. The Labute approximate surface area is 180 Å². The number of hydrogen-bond donors (Lipinski definition) is 3. The van der Waals surface area contributed by atoms with Crippen molar-refractivity contribution in [3.05, 3.63) is 69.8 Å². The van der Waals surface area contributed by atoms with Gasteiger partial charge in [0.05, 0.1) is 17.0 Å². The predicted octanol–water partition coefficient (Wildman–Crippen LogP) is 1.52. The summed E-state index contributed by atoms with van der Waals surface area (Å²) in [6, 6.07) is 11.5. The molecule has 0 saturated carbocycles. The summed E-state index contributed by atoms with van der Waals surface area (Å²) in [6.45, 7) is 1.36. The Hall–Kier alpha value is -3.30. The number of hydrogen-bond acceptors (Lipinski definition) is 7. The first kappa shape index (κ1) is 22.4. The highest BCUT2D eigenvalue weighted by Crippen LogP contribution is 2.19. The van der Waals surface area contributed by atoms with Gasteiger partial charge < -0.3 is 10.8 Å². The molecular formula is C22H26N4O5. The van der Waals surface area contributed by atoms with Crippen LogP contribution < -0.4 is 11.1 Å². The zero-order chi connectivity index (χ0) is 22.4. The number of rotatable bonds is 8. The van der Waals surface area contributed by atoms with Gasteiger partial charge in [0, 0.05) is 18.7 Å². The molecule has 0 bridgehead atoms. The molecule has 2 amide bonds. The van der Waals surface area contributed by atoms with Gasteiger partial charge in [0.15, 0.2) is 0 Å². The van der Waals surface area contributed by atoms with Gasteiger partial charge in [-0.05, 0) is 55.5 Å². The van der Waals surface area contributed by atoms with Crippen LogP contribution in [0, 0.1) is 10.1 Å². The van der Waals surface area contributed by atoms with Crippen LogP contribution in [-0.4, -0.2) is 51.9 Å². The van der Waals surface area contributed by atoms with Crippen LogP contribution in [0.1, 0.15) is 24.0 Å². The minimum Gasteiger partial charge on any atom is -0.508 e. The summed E-state index contributed by atoms with van der Waals surface area (Å²) >= 11 is 0. The van der Waals surface area contributed by atoms with Crippen LogP contribution in [0.25, 0.3) is 0 Å². The molecule has 2 atom stereocenters. The third-order valence-electron chi connectivity index (χ3n) is 5.48. The molecule has 9 nitrogen and oxygen atoms in total.